The largest absolute Gasteiger partial charge is 0.401 e. The van der Waals surface area contributed by atoms with E-state index >= 15 is 0 Å². The lowest BCUT2D eigenvalue weighted by atomic mass is 10.1. The zero-order valence-corrected chi connectivity index (χ0v) is 7.96. The van der Waals surface area contributed by atoms with Gasteiger partial charge in [0, 0.05) is 25.0 Å². The van der Waals surface area contributed by atoms with Crippen molar-refractivity contribution in [2.45, 2.75) is 12.2 Å². The minimum absolute atomic E-state index is 0.0990. The van der Waals surface area contributed by atoms with Crippen molar-refractivity contribution in [1.82, 2.24) is 10.3 Å². The van der Waals surface area contributed by atoms with Crippen LogP contribution in [-0.4, -0.2) is 24.2 Å². The van der Waals surface area contributed by atoms with Crippen molar-refractivity contribution >= 4 is 0 Å². The van der Waals surface area contributed by atoms with Crippen LogP contribution in [-0.2, 0) is 0 Å². The van der Waals surface area contributed by atoms with E-state index in [4.69, 9.17) is 5.73 Å². The first kappa shape index (κ1) is 11.9. The molecular formula is C9H12F3N3. The molecule has 6 heteroatoms. The summed E-state index contributed by atoms with van der Waals surface area (Å²) in [7, 11) is 0. The molecule has 0 aliphatic rings. The highest BCUT2D eigenvalue weighted by Crippen LogP contribution is 2.16. The Morgan fingerprint density at radius 2 is 2.20 bits per heavy atom. The Labute approximate surface area is 85.5 Å². The summed E-state index contributed by atoms with van der Waals surface area (Å²) in [6.45, 7) is -0.953. The summed E-state index contributed by atoms with van der Waals surface area (Å²) in [5.41, 5.74) is 6.03. The van der Waals surface area contributed by atoms with E-state index in [0.717, 1.165) is 0 Å². The van der Waals surface area contributed by atoms with Gasteiger partial charge in [-0.25, -0.2) is 0 Å². The first-order valence-corrected chi connectivity index (χ1v) is 4.43. The van der Waals surface area contributed by atoms with Gasteiger partial charge in [0.25, 0.3) is 0 Å². The van der Waals surface area contributed by atoms with Crippen molar-refractivity contribution in [3.63, 3.8) is 0 Å². The molecule has 3 N–H and O–H groups in total. The Kier molecular flexibility index (Phi) is 4.05. The maximum Gasteiger partial charge on any atom is 0.401 e. The van der Waals surface area contributed by atoms with Crippen LogP contribution in [0.15, 0.2) is 24.5 Å². The molecule has 1 atom stereocenters. The number of rotatable bonds is 4. The quantitative estimate of drug-likeness (QED) is 0.800. The number of hydrogen-bond acceptors (Lipinski definition) is 3. The van der Waals surface area contributed by atoms with Crippen LogP contribution in [0.2, 0.25) is 0 Å². The van der Waals surface area contributed by atoms with E-state index in [0.29, 0.717) is 5.56 Å². The highest BCUT2D eigenvalue weighted by molar-refractivity contribution is 5.14. The summed E-state index contributed by atoms with van der Waals surface area (Å²) in [6.07, 6.45) is -1.17. The third-order valence-corrected chi connectivity index (χ3v) is 1.87. The highest BCUT2D eigenvalue weighted by atomic mass is 19.4. The lowest BCUT2D eigenvalue weighted by Crippen LogP contribution is -2.35. The minimum atomic E-state index is -4.23. The Morgan fingerprint density at radius 1 is 1.47 bits per heavy atom. The van der Waals surface area contributed by atoms with E-state index in [9.17, 15) is 13.2 Å². The smallest absolute Gasteiger partial charge is 0.329 e. The van der Waals surface area contributed by atoms with Gasteiger partial charge in [0.15, 0.2) is 0 Å². The lowest BCUT2D eigenvalue weighted by Gasteiger charge is -2.17. The molecule has 1 rings (SSSR count). The van der Waals surface area contributed by atoms with E-state index < -0.39 is 18.8 Å². The predicted molar refractivity (Wildman–Crippen MR) is 50.1 cm³/mol. The van der Waals surface area contributed by atoms with Crippen LogP contribution >= 0.6 is 0 Å². The van der Waals surface area contributed by atoms with Crippen molar-refractivity contribution in [2.75, 3.05) is 13.1 Å². The van der Waals surface area contributed by atoms with Gasteiger partial charge in [-0.3, -0.25) is 4.98 Å². The van der Waals surface area contributed by atoms with Gasteiger partial charge < -0.3 is 11.1 Å². The van der Waals surface area contributed by atoms with E-state index in [-0.39, 0.29) is 6.54 Å². The first-order valence-electron chi connectivity index (χ1n) is 4.43. The zero-order valence-electron chi connectivity index (χ0n) is 7.96. The summed E-state index contributed by atoms with van der Waals surface area (Å²) in [5, 5.41) is 2.34. The molecule has 0 amide bonds. The second-order valence-electron chi connectivity index (χ2n) is 3.07. The topological polar surface area (TPSA) is 50.9 Å². The van der Waals surface area contributed by atoms with Crippen LogP contribution in [0, 0.1) is 0 Å². The average Bonchev–Trinajstić information content (AvgIpc) is 2.19. The Morgan fingerprint density at radius 3 is 2.67 bits per heavy atom. The van der Waals surface area contributed by atoms with Crippen LogP contribution in [0.5, 0.6) is 0 Å². The summed E-state index contributed by atoms with van der Waals surface area (Å²) in [5.74, 6) is 0. The van der Waals surface area contributed by atoms with Gasteiger partial charge in [-0.1, -0.05) is 6.07 Å². The van der Waals surface area contributed by atoms with Gasteiger partial charge in [0.2, 0.25) is 0 Å². The third-order valence-electron chi connectivity index (χ3n) is 1.87. The van der Waals surface area contributed by atoms with Gasteiger partial charge in [-0.2, -0.15) is 13.2 Å². The van der Waals surface area contributed by atoms with Crippen LogP contribution in [0.3, 0.4) is 0 Å². The van der Waals surface area contributed by atoms with E-state index in [1.54, 1.807) is 18.3 Å². The highest BCUT2D eigenvalue weighted by Gasteiger charge is 2.28. The van der Waals surface area contributed by atoms with Crippen LogP contribution < -0.4 is 11.1 Å². The molecule has 1 unspecified atom stereocenters. The summed E-state index contributed by atoms with van der Waals surface area (Å²) in [4.78, 5) is 3.82. The van der Waals surface area contributed by atoms with Gasteiger partial charge in [-0.05, 0) is 11.6 Å². The molecule has 0 radical (unpaired) electrons. The monoisotopic (exact) mass is 219 g/mol. The van der Waals surface area contributed by atoms with Gasteiger partial charge in [0.1, 0.15) is 0 Å². The molecule has 0 aliphatic carbocycles. The molecular weight excluding hydrogens is 207 g/mol. The molecule has 0 bridgehead atoms. The SMILES string of the molecule is NCC(NCC(F)(F)F)c1cccnc1. The second kappa shape index (κ2) is 5.09. The predicted octanol–water partition coefficient (Wildman–Crippen LogP) is 1.23. The van der Waals surface area contributed by atoms with Crippen molar-refractivity contribution in [3.05, 3.63) is 30.1 Å². The zero-order chi connectivity index (χ0) is 11.3. The number of nitrogens with two attached hydrogens (primary N) is 1. The molecule has 1 heterocycles. The molecule has 1 aromatic heterocycles. The van der Waals surface area contributed by atoms with Crippen LogP contribution in [0.25, 0.3) is 0 Å². The van der Waals surface area contributed by atoms with Gasteiger partial charge in [0.05, 0.1) is 6.54 Å². The summed E-state index contributed by atoms with van der Waals surface area (Å²) < 4.78 is 35.8. The van der Waals surface area contributed by atoms with Crippen molar-refractivity contribution in [3.8, 4) is 0 Å². The number of nitrogens with zero attached hydrogens (tertiary/aromatic N) is 1. The van der Waals surface area contributed by atoms with Gasteiger partial charge >= 0.3 is 6.18 Å². The third kappa shape index (κ3) is 4.26. The fraction of sp³-hybridized carbons (Fsp3) is 0.444. The number of alkyl halides is 3. The second-order valence-corrected chi connectivity index (χ2v) is 3.07. The maximum absolute atomic E-state index is 11.9. The molecule has 0 saturated heterocycles. The molecule has 0 spiro atoms. The lowest BCUT2D eigenvalue weighted by molar-refractivity contribution is -0.126. The first-order chi connectivity index (χ1) is 7.03. The Bertz CT molecular complexity index is 286. The molecule has 1 aromatic rings. The summed E-state index contributed by atoms with van der Waals surface area (Å²) >= 11 is 0. The summed E-state index contributed by atoms with van der Waals surface area (Å²) in [6, 6.07) is 2.83. The molecule has 0 fully saturated rings. The molecule has 0 saturated carbocycles. The number of pyridine rings is 1. The number of nitrogens with one attached hydrogen (secondary N) is 1. The number of aromatic nitrogens is 1. The van der Waals surface area contributed by atoms with Crippen molar-refractivity contribution < 1.29 is 13.2 Å². The fourth-order valence-electron chi connectivity index (χ4n) is 1.16. The molecule has 15 heavy (non-hydrogen) atoms. The minimum Gasteiger partial charge on any atom is -0.329 e. The normalized spacial score (nSPS) is 13.9. The van der Waals surface area contributed by atoms with Crippen molar-refractivity contribution in [1.29, 1.82) is 0 Å². The number of halogens is 3. The van der Waals surface area contributed by atoms with Crippen LogP contribution in [0.4, 0.5) is 13.2 Å². The molecule has 3 nitrogen and oxygen atoms in total. The van der Waals surface area contributed by atoms with Crippen LogP contribution in [0.1, 0.15) is 11.6 Å². The van der Waals surface area contributed by atoms with E-state index in [2.05, 4.69) is 10.3 Å². The number of hydrogen-bond donors (Lipinski definition) is 2. The molecule has 84 valence electrons. The van der Waals surface area contributed by atoms with E-state index in [1.807, 2.05) is 0 Å². The van der Waals surface area contributed by atoms with Crippen molar-refractivity contribution in [2.24, 2.45) is 5.73 Å². The molecule has 0 aromatic carbocycles. The maximum atomic E-state index is 11.9. The fourth-order valence-corrected chi connectivity index (χ4v) is 1.16. The molecule has 0 aliphatic heterocycles. The Hall–Kier alpha value is -1.14. The standard InChI is InChI=1S/C9H12F3N3/c10-9(11,12)6-15-8(4-13)7-2-1-3-14-5-7/h1-3,5,8,15H,4,6,13H2. The Balaban J connectivity index is 2.58. The van der Waals surface area contributed by atoms with E-state index in [1.165, 1.54) is 6.20 Å². The average molecular weight is 219 g/mol. The van der Waals surface area contributed by atoms with Gasteiger partial charge in [-0.15, -0.1) is 0 Å².